The van der Waals surface area contributed by atoms with Gasteiger partial charge in [-0.15, -0.1) is 0 Å². The third kappa shape index (κ3) is 9.07. The average Bonchev–Trinajstić information content (AvgIpc) is 2.83. The third-order valence-electron chi connectivity index (χ3n) is 6.23. The van der Waals surface area contributed by atoms with E-state index in [1.54, 1.807) is 28.9 Å². The van der Waals surface area contributed by atoms with Crippen LogP contribution in [0.25, 0.3) is 0 Å². The largest absolute Gasteiger partial charge is 0.338 e. The molecule has 0 atom stereocenters. The van der Waals surface area contributed by atoms with E-state index in [1.165, 1.54) is 16.4 Å². The zero-order valence-corrected chi connectivity index (χ0v) is 22.2. The van der Waals surface area contributed by atoms with Gasteiger partial charge in [0.1, 0.15) is 5.82 Å². The van der Waals surface area contributed by atoms with Crippen molar-refractivity contribution in [3.8, 4) is 0 Å². The predicted octanol–water partition coefficient (Wildman–Crippen LogP) is 3.58. The number of piperidine rings is 1. The van der Waals surface area contributed by atoms with Crippen molar-refractivity contribution >= 4 is 22.0 Å². The van der Waals surface area contributed by atoms with Gasteiger partial charge in [0.25, 0.3) is 0 Å². The maximum atomic E-state index is 13.5. The minimum absolute atomic E-state index is 0.00374. The predicted molar refractivity (Wildman–Crippen MR) is 136 cm³/mol. The molecular formula is C25H41FN4O4S. The maximum Gasteiger partial charge on any atom is 0.317 e. The summed E-state index contributed by atoms with van der Waals surface area (Å²) in [4.78, 5) is 29.4. The van der Waals surface area contributed by atoms with Gasteiger partial charge in [-0.25, -0.2) is 17.6 Å². The average molecular weight is 513 g/mol. The highest BCUT2D eigenvalue weighted by Gasteiger charge is 2.32. The summed E-state index contributed by atoms with van der Waals surface area (Å²) in [7, 11) is -3.53. The first-order chi connectivity index (χ1) is 16.7. The van der Waals surface area contributed by atoms with Crippen molar-refractivity contribution in [1.82, 2.24) is 19.4 Å². The Kier molecular flexibility index (Phi) is 11.9. The van der Waals surface area contributed by atoms with Gasteiger partial charge >= 0.3 is 6.03 Å². The lowest BCUT2D eigenvalue weighted by Crippen LogP contribution is -2.52. The molecule has 198 valence electrons. The molecule has 0 aromatic heterocycles. The van der Waals surface area contributed by atoms with Crippen molar-refractivity contribution in [2.45, 2.75) is 71.9 Å². The van der Waals surface area contributed by atoms with Gasteiger partial charge in [-0.05, 0) is 49.8 Å². The van der Waals surface area contributed by atoms with Gasteiger partial charge in [-0.3, -0.25) is 4.79 Å². The second kappa shape index (κ2) is 14.4. The fraction of sp³-hybridized carbons (Fsp3) is 0.680. The zero-order valence-electron chi connectivity index (χ0n) is 21.3. The number of hydrogen-bond acceptors (Lipinski definition) is 4. The molecule has 10 heteroatoms. The summed E-state index contributed by atoms with van der Waals surface area (Å²) in [6, 6.07) is 5.78. The summed E-state index contributed by atoms with van der Waals surface area (Å²) in [5, 5.41) is 2.93. The van der Waals surface area contributed by atoms with E-state index in [-0.39, 0.29) is 49.2 Å². The number of nitrogens with one attached hydrogen (secondary N) is 1. The van der Waals surface area contributed by atoms with E-state index in [2.05, 4.69) is 12.2 Å². The lowest BCUT2D eigenvalue weighted by atomic mass is 10.0. The normalized spacial score (nSPS) is 14.8. The Balaban J connectivity index is 2.15. The Morgan fingerprint density at radius 1 is 1.06 bits per heavy atom. The number of carbonyl (C=O) groups excluding carboxylic acids is 2. The van der Waals surface area contributed by atoms with Gasteiger partial charge in [-0.2, -0.15) is 4.31 Å². The van der Waals surface area contributed by atoms with Crippen molar-refractivity contribution < 1.29 is 22.4 Å². The van der Waals surface area contributed by atoms with Gasteiger partial charge in [-0.1, -0.05) is 39.3 Å². The first-order valence-corrected chi connectivity index (χ1v) is 14.4. The number of amides is 3. The van der Waals surface area contributed by atoms with E-state index in [4.69, 9.17) is 0 Å². The molecule has 35 heavy (non-hydrogen) atoms. The van der Waals surface area contributed by atoms with Gasteiger partial charge in [0.15, 0.2) is 0 Å². The van der Waals surface area contributed by atoms with Crippen LogP contribution in [-0.2, 0) is 21.4 Å². The number of hydrogen-bond donors (Lipinski definition) is 1. The molecule has 1 fully saturated rings. The number of likely N-dealkylation sites (tertiary alicyclic amines) is 1. The van der Waals surface area contributed by atoms with Crippen LogP contribution < -0.4 is 5.32 Å². The first kappa shape index (κ1) is 29.0. The van der Waals surface area contributed by atoms with Gasteiger partial charge in [0.2, 0.25) is 15.9 Å². The van der Waals surface area contributed by atoms with Crippen LogP contribution in [0.2, 0.25) is 0 Å². The number of nitrogens with zero attached hydrogens (tertiary/aromatic N) is 3. The smallest absolute Gasteiger partial charge is 0.317 e. The molecule has 1 aliphatic rings. The van der Waals surface area contributed by atoms with Crippen LogP contribution in [0.3, 0.4) is 0 Å². The first-order valence-electron chi connectivity index (χ1n) is 12.8. The summed E-state index contributed by atoms with van der Waals surface area (Å²) in [6.45, 7) is 7.77. The molecule has 1 aromatic rings. The molecule has 0 aliphatic carbocycles. The highest BCUT2D eigenvalue weighted by molar-refractivity contribution is 7.89. The number of carbonyl (C=O) groups is 2. The Hall–Kier alpha value is -2.20. The van der Waals surface area contributed by atoms with Crippen LogP contribution in [0.15, 0.2) is 24.3 Å². The molecule has 1 aliphatic heterocycles. The Bertz CT molecular complexity index is 903. The maximum absolute atomic E-state index is 13.5. The highest BCUT2D eigenvalue weighted by atomic mass is 32.2. The van der Waals surface area contributed by atoms with Crippen molar-refractivity contribution in [3.05, 3.63) is 35.6 Å². The minimum atomic E-state index is -3.53. The van der Waals surface area contributed by atoms with Crippen LogP contribution >= 0.6 is 0 Å². The van der Waals surface area contributed by atoms with Crippen molar-refractivity contribution in [2.24, 2.45) is 0 Å². The fourth-order valence-electron chi connectivity index (χ4n) is 4.27. The zero-order chi connectivity index (χ0) is 25.8. The Morgan fingerprint density at radius 2 is 1.71 bits per heavy atom. The second-order valence-corrected chi connectivity index (χ2v) is 11.2. The van der Waals surface area contributed by atoms with E-state index in [1.807, 2.05) is 6.92 Å². The van der Waals surface area contributed by atoms with Crippen LogP contribution in [-0.4, -0.2) is 79.0 Å². The molecule has 0 bridgehead atoms. The summed E-state index contributed by atoms with van der Waals surface area (Å²) < 4.78 is 40.2. The van der Waals surface area contributed by atoms with Crippen LogP contribution in [0, 0.1) is 5.82 Å². The number of rotatable bonds is 13. The fourth-order valence-corrected chi connectivity index (χ4v) is 5.81. The van der Waals surface area contributed by atoms with Crippen molar-refractivity contribution in [1.29, 1.82) is 0 Å². The van der Waals surface area contributed by atoms with E-state index >= 15 is 0 Å². The van der Waals surface area contributed by atoms with Crippen LogP contribution in [0.1, 0.15) is 64.9 Å². The van der Waals surface area contributed by atoms with Gasteiger partial charge in [0, 0.05) is 38.8 Å². The number of sulfonamides is 1. The molecule has 1 saturated heterocycles. The standard InChI is InChI=1S/C25H41FN4O4S/c1-4-7-14-27-25(32)28-16-12-23(13-17-28)30(19-21-8-10-22(26)11-9-21)24(31)20-29(15-5-2)35(33,34)18-6-3/h8-11,23H,4-7,12-20H2,1-3H3,(H,27,32). The van der Waals surface area contributed by atoms with Crippen molar-refractivity contribution in [2.75, 3.05) is 38.5 Å². The van der Waals surface area contributed by atoms with Crippen LogP contribution in [0.5, 0.6) is 0 Å². The SMILES string of the molecule is CCCCNC(=O)N1CCC(N(Cc2ccc(F)cc2)C(=O)CN(CCC)S(=O)(=O)CCC)CC1. The van der Waals surface area contributed by atoms with E-state index in [9.17, 15) is 22.4 Å². The molecule has 1 heterocycles. The molecule has 1 N–H and O–H groups in total. The summed E-state index contributed by atoms with van der Waals surface area (Å²) >= 11 is 0. The third-order valence-corrected chi connectivity index (χ3v) is 8.25. The highest BCUT2D eigenvalue weighted by Crippen LogP contribution is 2.21. The number of benzene rings is 1. The van der Waals surface area contributed by atoms with Gasteiger partial charge < -0.3 is 15.1 Å². The van der Waals surface area contributed by atoms with Crippen molar-refractivity contribution in [3.63, 3.8) is 0 Å². The number of urea groups is 1. The molecule has 0 radical (unpaired) electrons. The molecule has 1 aromatic carbocycles. The molecule has 3 amide bonds. The van der Waals surface area contributed by atoms with Crippen LogP contribution in [0.4, 0.5) is 9.18 Å². The molecule has 0 saturated carbocycles. The summed E-state index contributed by atoms with van der Waals surface area (Å²) in [5.41, 5.74) is 0.776. The molecular weight excluding hydrogens is 471 g/mol. The molecule has 0 spiro atoms. The van der Waals surface area contributed by atoms with E-state index in [0.29, 0.717) is 45.3 Å². The topological polar surface area (TPSA) is 90.0 Å². The van der Waals surface area contributed by atoms with E-state index in [0.717, 1.165) is 18.4 Å². The van der Waals surface area contributed by atoms with Gasteiger partial charge in [0.05, 0.1) is 12.3 Å². The monoisotopic (exact) mass is 512 g/mol. The molecule has 8 nitrogen and oxygen atoms in total. The van der Waals surface area contributed by atoms with E-state index < -0.39 is 10.0 Å². The summed E-state index contributed by atoms with van der Waals surface area (Å²) in [6.07, 6.45) is 4.23. The number of halogens is 1. The Labute approximate surface area is 209 Å². The minimum Gasteiger partial charge on any atom is -0.338 e. The lowest BCUT2D eigenvalue weighted by Gasteiger charge is -2.39. The Morgan fingerprint density at radius 3 is 2.29 bits per heavy atom. The second-order valence-electron chi connectivity index (χ2n) is 9.10. The molecule has 0 unspecified atom stereocenters. The molecule has 2 rings (SSSR count). The summed E-state index contributed by atoms with van der Waals surface area (Å²) in [5.74, 6) is -0.619. The lowest BCUT2D eigenvalue weighted by molar-refractivity contribution is -0.135. The number of unbranched alkanes of at least 4 members (excludes halogenated alkanes) is 1. The quantitative estimate of drug-likeness (QED) is 0.409.